The molecule has 0 radical (unpaired) electrons. The van der Waals surface area contributed by atoms with Gasteiger partial charge in [-0.3, -0.25) is 14.9 Å². The summed E-state index contributed by atoms with van der Waals surface area (Å²) in [6.07, 6.45) is 1.50. The summed E-state index contributed by atoms with van der Waals surface area (Å²) in [7, 11) is 0. The standard InChI is InChI=1S/C26H24FN3O3/c1-14-10-15(2)23(16(3)11-14)29-17(4)12-19(18(29)5)13-22-24(31)28-26(33)30(25(22)32)21-8-6-20(27)7-9-21/h6-13H,1-5H3,(H,28,31,33)/b22-13+. The van der Waals surface area contributed by atoms with E-state index in [-0.39, 0.29) is 11.3 Å². The van der Waals surface area contributed by atoms with Gasteiger partial charge in [-0.05, 0) is 87.7 Å². The lowest BCUT2D eigenvalue weighted by atomic mass is 10.0. The molecule has 4 amide bonds. The van der Waals surface area contributed by atoms with Crippen molar-refractivity contribution >= 4 is 29.6 Å². The van der Waals surface area contributed by atoms with Gasteiger partial charge in [0.05, 0.1) is 11.4 Å². The van der Waals surface area contributed by atoms with Crippen LogP contribution in [-0.4, -0.2) is 22.4 Å². The van der Waals surface area contributed by atoms with Gasteiger partial charge >= 0.3 is 6.03 Å². The number of aromatic nitrogens is 1. The summed E-state index contributed by atoms with van der Waals surface area (Å²) in [5, 5.41) is 2.20. The number of benzene rings is 2. The molecule has 1 saturated heterocycles. The molecule has 0 bridgehead atoms. The van der Waals surface area contributed by atoms with Crippen molar-refractivity contribution in [3.05, 3.63) is 87.5 Å². The van der Waals surface area contributed by atoms with E-state index in [4.69, 9.17) is 0 Å². The molecule has 0 spiro atoms. The monoisotopic (exact) mass is 445 g/mol. The molecule has 6 nitrogen and oxygen atoms in total. The highest BCUT2D eigenvalue weighted by Gasteiger charge is 2.37. The Balaban J connectivity index is 1.80. The highest BCUT2D eigenvalue weighted by Crippen LogP contribution is 2.29. The van der Waals surface area contributed by atoms with Gasteiger partial charge in [0.25, 0.3) is 11.8 Å². The Morgan fingerprint density at radius 3 is 2.09 bits per heavy atom. The first-order chi connectivity index (χ1) is 15.6. The number of aryl methyl sites for hydroxylation is 4. The maximum Gasteiger partial charge on any atom is 0.335 e. The minimum atomic E-state index is -0.870. The molecule has 168 valence electrons. The molecule has 0 aliphatic carbocycles. The largest absolute Gasteiger partial charge is 0.335 e. The van der Waals surface area contributed by atoms with E-state index < -0.39 is 23.7 Å². The number of hydrogen-bond donors (Lipinski definition) is 1. The van der Waals surface area contributed by atoms with Gasteiger partial charge in [0.2, 0.25) is 0 Å². The van der Waals surface area contributed by atoms with E-state index in [9.17, 15) is 18.8 Å². The van der Waals surface area contributed by atoms with Gasteiger partial charge < -0.3 is 4.57 Å². The summed E-state index contributed by atoms with van der Waals surface area (Å²) in [6.45, 7) is 10.0. The molecule has 4 rings (SSSR count). The van der Waals surface area contributed by atoms with Crippen LogP contribution in [0.1, 0.15) is 33.6 Å². The zero-order valence-electron chi connectivity index (χ0n) is 19.1. The zero-order valence-corrected chi connectivity index (χ0v) is 19.1. The second-order valence-corrected chi connectivity index (χ2v) is 8.34. The number of barbiturate groups is 1. The van der Waals surface area contributed by atoms with E-state index in [0.29, 0.717) is 5.56 Å². The predicted octanol–water partition coefficient (Wildman–Crippen LogP) is 4.82. The molecule has 0 atom stereocenters. The highest BCUT2D eigenvalue weighted by molar-refractivity contribution is 6.39. The zero-order chi connectivity index (χ0) is 24.0. The number of anilines is 1. The van der Waals surface area contributed by atoms with Crippen LogP contribution in [0.2, 0.25) is 0 Å². The molecule has 3 aromatic rings. The molecular formula is C26H24FN3O3. The minimum Gasteiger partial charge on any atom is -0.317 e. The van der Waals surface area contributed by atoms with Crippen molar-refractivity contribution in [3.8, 4) is 5.69 Å². The third-order valence-electron chi connectivity index (χ3n) is 5.82. The second kappa shape index (κ2) is 8.16. The third-order valence-corrected chi connectivity index (χ3v) is 5.82. The average molecular weight is 445 g/mol. The summed E-state index contributed by atoms with van der Waals surface area (Å²) in [5.41, 5.74) is 6.98. The molecule has 33 heavy (non-hydrogen) atoms. The lowest BCUT2D eigenvalue weighted by Gasteiger charge is -2.26. The molecule has 1 aliphatic heterocycles. The van der Waals surface area contributed by atoms with Crippen LogP contribution in [0, 0.1) is 40.4 Å². The molecule has 7 heteroatoms. The van der Waals surface area contributed by atoms with E-state index in [1.54, 1.807) is 0 Å². The van der Waals surface area contributed by atoms with Crippen molar-refractivity contribution in [2.75, 3.05) is 4.90 Å². The Morgan fingerprint density at radius 1 is 0.879 bits per heavy atom. The van der Waals surface area contributed by atoms with Crippen molar-refractivity contribution in [1.82, 2.24) is 9.88 Å². The number of hydrogen-bond acceptors (Lipinski definition) is 3. The topological polar surface area (TPSA) is 71.4 Å². The van der Waals surface area contributed by atoms with E-state index in [1.807, 2.05) is 19.9 Å². The first-order valence-electron chi connectivity index (χ1n) is 10.5. The highest BCUT2D eigenvalue weighted by atomic mass is 19.1. The average Bonchev–Trinajstić information content (AvgIpc) is 2.99. The number of rotatable bonds is 3. The SMILES string of the molecule is Cc1cc(C)c(-n2c(C)cc(/C=C3\C(=O)NC(=O)N(c4ccc(F)cc4)C3=O)c2C)c(C)c1. The maximum absolute atomic E-state index is 13.3. The maximum atomic E-state index is 13.3. The Bertz CT molecular complexity index is 1330. The van der Waals surface area contributed by atoms with Crippen LogP contribution in [0.3, 0.4) is 0 Å². The molecule has 1 aromatic heterocycles. The van der Waals surface area contributed by atoms with Crippen LogP contribution in [0.15, 0.2) is 48.0 Å². The first kappa shape index (κ1) is 22.2. The predicted molar refractivity (Wildman–Crippen MR) is 125 cm³/mol. The minimum absolute atomic E-state index is 0.170. The van der Waals surface area contributed by atoms with E-state index in [2.05, 4.69) is 42.8 Å². The van der Waals surface area contributed by atoms with Crippen LogP contribution < -0.4 is 10.2 Å². The number of nitrogens with zero attached hydrogens (tertiary/aromatic N) is 2. The van der Waals surface area contributed by atoms with Gasteiger partial charge in [0, 0.05) is 11.4 Å². The number of amides is 4. The number of nitrogens with one attached hydrogen (secondary N) is 1. The summed E-state index contributed by atoms with van der Waals surface area (Å²) < 4.78 is 15.4. The number of urea groups is 1. The number of imide groups is 2. The Kier molecular flexibility index (Phi) is 5.49. The fourth-order valence-electron chi connectivity index (χ4n) is 4.44. The van der Waals surface area contributed by atoms with Crippen molar-refractivity contribution < 1.29 is 18.8 Å². The van der Waals surface area contributed by atoms with Gasteiger partial charge in [0.15, 0.2) is 0 Å². The number of carbonyl (C=O) groups is 3. The normalized spacial score (nSPS) is 15.4. The van der Waals surface area contributed by atoms with Gasteiger partial charge in [-0.25, -0.2) is 14.1 Å². The summed E-state index contributed by atoms with van der Waals surface area (Å²) in [6, 6.07) is 10.2. The molecular weight excluding hydrogens is 421 g/mol. The van der Waals surface area contributed by atoms with Crippen molar-refractivity contribution in [3.63, 3.8) is 0 Å². The quantitative estimate of drug-likeness (QED) is 0.464. The van der Waals surface area contributed by atoms with Crippen molar-refractivity contribution in [2.24, 2.45) is 0 Å². The van der Waals surface area contributed by atoms with E-state index >= 15 is 0 Å². The summed E-state index contributed by atoms with van der Waals surface area (Å²) >= 11 is 0. The van der Waals surface area contributed by atoms with E-state index in [1.165, 1.54) is 23.8 Å². The van der Waals surface area contributed by atoms with Crippen LogP contribution in [0.5, 0.6) is 0 Å². The van der Waals surface area contributed by atoms with Crippen LogP contribution in [0.4, 0.5) is 14.9 Å². The smallest absolute Gasteiger partial charge is 0.317 e. The van der Waals surface area contributed by atoms with Crippen LogP contribution in [0.25, 0.3) is 11.8 Å². The number of carbonyl (C=O) groups excluding carboxylic acids is 3. The van der Waals surface area contributed by atoms with Crippen LogP contribution in [-0.2, 0) is 9.59 Å². The molecule has 2 heterocycles. The lowest BCUT2D eigenvalue weighted by molar-refractivity contribution is -0.122. The molecule has 0 unspecified atom stereocenters. The molecule has 0 saturated carbocycles. The molecule has 1 fully saturated rings. The van der Waals surface area contributed by atoms with E-state index in [0.717, 1.165) is 45.2 Å². The van der Waals surface area contributed by atoms with Crippen molar-refractivity contribution in [2.45, 2.75) is 34.6 Å². The van der Waals surface area contributed by atoms with Gasteiger partial charge in [-0.1, -0.05) is 17.7 Å². The molecule has 1 aliphatic rings. The Morgan fingerprint density at radius 2 is 1.48 bits per heavy atom. The summed E-state index contributed by atoms with van der Waals surface area (Å²) in [5.74, 6) is -2.02. The van der Waals surface area contributed by atoms with Gasteiger partial charge in [-0.15, -0.1) is 0 Å². The second-order valence-electron chi connectivity index (χ2n) is 8.34. The van der Waals surface area contributed by atoms with Gasteiger partial charge in [0.1, 0.15) is 11.4 Å². The Hall–Kier alpha value is -4.00. The fraction of sp³-hybridized carbons (Fsp3) is 0.192. The van der Waals surface area contributed by atoms with Crippen molar-refractivity contribution in [1.29, 1.82) is 0 Å². The fourth-order valence-corrected chi connectivity index (χ4v) is 4.44. The molecule has 2 aromatic carbocycles. The van der Waals surface area contributed by atoms with Gasteiger partial charge in [-0.2, -0.15) is 0 Å². The van der Waals surface area contributed by atoms with Crippen LogP contribution >= 0.6 is 0 Å². The lowest BCUT2D eigenvalue weighted by Crippen LogP contribution is -2.54. The third kappa shape index (κ3) is 3.86. The summed E-state index contributed by atoms with van der Waals surface area (Å²) in [4.78, 5) is 38.9. The Labute approximate surface area is 191 Å². The number of halogens is 1. The first-order valence-corrected chi connectivity index (χ1v) is 10.5. The molecule has 1 N–H and O–H groups in total.